The molecule has 182 valence electrons. The quantitative estimate of drug-likeness (QED) is 0.330. The fourth-order valence-corrected chi connectivity index (χ4v) is 5.56. The van der Waals surface area contributed by atoms with Crippen LogP contribution < -0.4 is 15.5 Å². The van der Waals surface area contributed by atoms with E-state index in [1.54, 1.807) is 19.1 Å². The van der Waals surface area contributed by atoms with Gasteiger partial charge in [0.05, 0.1) is 18.3 Å². The number of carboxylic acid groups (broad SMARTS) is 1. The Morgan fingerprint density at radius 3 is 2.76 bits per heavy atom. The second kappa shape index (κ2) is 13.0. The summed E-state index contributed by atoms with van der Waals surface area (Å²) >= 11 is 1.49. The topological polar surface area (TPSA) is 108 Å². The maximum atomic E-state index is 13.3. The van der Waals surface area contributed by atoms with Crippen LogP contribution in [0.5, 0.6) is 0 Å². The number of hydrogen-bond acceptors (Lipinski definition) is 7. The van der Waals surface area contributed by atoms with Crippen molar-refractivity contribution in [1.29, 1.82) is 0 Å². The molecule has 0 spiro atoms. The summed E-state index contributed by atoms with van der Waals surface area (Å²) in [6.45, 7) is 3.78. The third-order valence-corrected chi connectivity index (χ3v) is 7.36. The molecule has 2 aliphatic heterocycles. The molecule has 2 aliphatic rings. The lowest BCUT2D eigenvalue weighted by molar-refractivity contribution is -0.146. The number of carboxylic acids is 1. The molecule has 1 fully saturated rings. The van der Waals surface area contributed by atoms with Crippen LogP contribution in [0.3, 0.4) is 0 Å². The van der Waals surface area contributed by atoms with E-state index in [1.807, 2.05) is 12.1 Å². The summed E-state index contributed by atoms with van der Waals surface area (Å²) in [5.41, 5.74) is 0.592. The number of amides is 1. The molecule has 1 aromatic rings. The van der Waals surface area contributed by atoms with Crippen LogP contribution in [-0.2, 0) is 19.1 Å². The number of anilines is 1. The van der Waals surface area contributed by atoms with E-state index in [2.05, 4.69) is 10.6 Å². The predicted octanol–water partition coefficient (Wildman–Crippen LogP) is 2.66. The second-order valence-electron chi connectivity index (χ2n) is 8.60. The first-order valence-corrected chi connectivity index (χ1v) is 12.9. The Morgan fingerprint density at radius 2 is 2.03 bits per heavy atom. The van der Waals surface area contributed by atoms with Gasteiger partial charge >= 0.3 is 11.9 Å². The number of carbonyl (C=O) groups is 3. The van der Waals surface area contributed by atoms with E-state index in [1.165, 1.54) is 29.5 Å². The van der Waals surface area contributed by atoms with Crippen LogP contribution in [0.15, 0.2) is 29.2 Å². The number of fused-ring (bicyclic) bond motifs is 1. The zero-order chi connectivity index (χ0) is 23.6. The highest BCUT2D eigenvalue weighted by molar-refractivity contribution is 7.99. The SMILES string of the molecule is CCOC(=O)[C@H](CCCCC1CCNCC1)N[C@H]1CSc2ccccc2N(CC(=O)O)C1=O. The van der Waals surface area contributed by atoms with E-state index in [4.69, 9.17) is 4.74 Å². The minimum absolute atomic E-state index is 0.274. The molecule has 2 atom stereocenters. The molecule has 1 amide bonds. The number of carbonyl (C=O) groups excluding carboxylic acids is 2. The van der Waals surface area contributed by atoms with Gasteiger partial charge in [-0.2, -0.15) is 0 Å². The van der Waals surface area contributed by atoms with Crippen molar-refractivity contribution < 1.29 is 24.2 Å². The molecule has 0 bridgehead atoms. The Labute approximate surface area is 199 Å². The highest BCUT2D eigenvalue weighted by atomic mass is 32.2. The molecule has 0 unspecified atom stereocenters. The van der Waals surface area contributed by atoms with Gasteiger partial charge in [0.25, 0.3) is 0 Å². The average molecular weight is 478 g/mol. The Hall–Kier alpha value is -2.10. The number of para-hydroxylation sites is 1. The lowest BCUT2D eigenvalue weighted by Gasteiger charge is -2.27. The molecular weight excluding hydrogens is 442 g/mol. The highest BCUT2D eigenvalue weighted by Gasteiger charge is 2.34. The van der Waals surface area contributed by atoms with Gasteiger partial charge in [-0.1, -0.05) is 31.4 Å². The molecule has 9 heteroatoms. The van der Waals surface area contributed by atoms with Crippen molar-refractivity contribution in [3.8, 4) is 0 Å². The van der Waals surface area contributed by atoms with E-state index in [0.717, 1.165) is 43.2 Å². The molecule has 1 saturated heterocycles. The lowest BCUT2D eigenvalue weighted by Crippen LogP contribution is -2.54. The van der Waals surface area contributed by atoms with E-state index >= 15 is 0 Å². The first kappa shape index (κ1) is 25.5. The molecule has 33 heavy (non-hydrogen) atoms. The van der Waals surface area contributed by atoms with E-state index in [9.17, 15) is 19.5 Å². The average Bonchev–Trinajstić information content (AvgIpc) is 2.93. The molecule has 0 aliphatic carbocycles. The molecule has 8 nitrogen and oxygen atoms in total. The number of rotatable bonds is 11. The van der Waals surface area contributed by atoms with E-state index in [-0.39, 0.29) is 18.5 Å². The summed E-state index contributed by atoms with van der Waals surface area (Å²) in [4.78, 5) is 39.6. The van der Waals surface area contributed by atoms with Gasteiger partial charge in [-0.25, -0.2) is 0 Å². The minimum atomic E-state index is -1.08. The third-order valence-electron chi connectivity index (χ3n) is 6.21. The van der Waals surface area contributed by atoms with Gasteiger partial charge in [-0.05, 0) is 57.3 Å². The summed E-state index contributed by atoms with van der Waals surface area (Å²) in [5.74, 6) is -0.619. The molecule has 0 saturated carbocycles. The molecule has 0 radical (unpaired) electrons. The zero-order valence-corrected chi connectivity index (χ0v) is 20.1. The van der Waals surface area contributed by atoms with Gasteiger partial charge in [-0.3, -0.25) is 24.6 Å². The molecule has 2 heterocycles. The van der Waals surface area contributed by atoms with Crippen LogP contribution in [-0.4, -0.2) is 67.0 Å². The number of ether oxygens (including phenoxy) is 1. The van der Waals surface area contributed by atoms with Gasteiger partial charge in [-0.15, -0.1) is 11.8 Å². The summed E-state index contributed by atoms with van der Waals surface area (Å²) in [5, 5.41) is 16.0. The summed E-state index contributed by atoms with van der Waals surface area (Å²) in [6, 6.07) is 6.02. The fourth-order valence-electron chi connectivity index (χ4n) is 4.48. The number of hydrogen-bond donors (Lipinski definition) is 3. The number of unbranched alkanes of at least 4 members (excludes halogenated alkanes) is 1. The van der Waals surface area contributed by atoms with E-state index in [0.29, 0.717) is 17.9 Å². The minimum Gasteiger partial charge on any atom is -0.480 e. The summed E-state index contributed by atoms with van der Waals surface area (Å²) in [6.07, 6.45) is 6.04. The normalized spacial score (nSPS) is 20.1. The molecular formula is C24H35N3O5S. The number of aliphatic carboxylic acids is 1. The maximum Gasteiger partial charge on any atom is 0.323 e. The maximum absolute atomic E-state index is 13.3. The van der Waals surface area contributed by atoms with Crippen molar-refractivity contribution in [2.24, 2.45) is 5.92 Å². The van der Waals surface area contributed by atoms with Crippen LogP contribution in [0.1, 0.15) is 45.4 Å². The first-order chi connectivity index (χ1) is 16.0. The van der Waals surface area contributed by atoms with Crippen LogP contribution in [0, 0.1) is 5.92 Å². The first-order valence-electron chi connectivity index (χ1n) is 11.9. The lowest BCUT2D eigenvalue weighted by atomic mass is 9.92. The monoisotopic (exact) mass is 477 g/mol. The third kappa shape index (κ3) is 7.45. The van der Waals surface area contributed by atoms with Gasteiger partial charge in [0.1, 0.15) is 12.6 Å². The van der Waals surface area contributed by atoms with Crippen molar-refractivity contribution in [2.75, 3.05) is 36.9 Å². The molecule has 3 N–H and O–H groups in total. The van der Waals surface area contributed by atoms with Crippen molar-refractivity contribution in [1.82, 2.24) is 10.6 Å². The standard InChI is InChI=1S/C24H35N3O5S/c1-2-32-24(31)18(8-4-3-7-17-11-13-25-14-12-17)26-19-16-33-21-10-6-5-9-20(21)27(23(19)30)15-22(28)29/h5-6,9-10,17-19,25-26H,2-4,7-8,11-16H2,1H3,(H,28,29)/t18-,19-/m0/s1. The number of piperidine rings is 1. The smallest absolute Gasteiger partial charge is 0.323 e. The van der Waals surface area contributed by atoms with Crippen LogP contribution in [0.25, 0.3) is 0 Å². The Bertz CT molecular complexity index is 815. The van der Waals surface area contributed by atoms with Crippen molar-refractivity contribution in [3.63, 3.8) is 0 Å². The van der Waals surface area contributed by atoms with Crippen molar-refractivity contribution >= 4 is 35.3 Å². The number of thioether (sulfide) groups is 1. The van der Waals surface area contributed by atoms with Gasteiger partial charge in [0.15, 0.2) is 0 Å². The highest BCUT2D eigenvalue weighted by Crippen LogP contribution is 2.34. The van der Waals surface area contributed by atoms with Gasteiger partial charge in [0, 0.05) is 10.6 Å². The number of esters is 1. The van der Waals surface area contributed by atoms with Crippen LogP contribution in [0.2, 0.25) is 0 Å². The second-order valence-corrected chi connectivity index (χ2v) is 9.66. The summed E-state index contributed by atoms with van der Waals surface area (Å²) < 4.78 is 5.28. The van der Waals surface area contributed by atoms with Gasteiger partial charge < -0.3 is 15.2 Å². The van der Waals surface area contributed by atoms with Crippen molar-refractivity contribution in [3.05, 3.63) is 24.3 Å². The fraction of sp³-hybridized carbons (Fsp3) is 0.625. The number of benzene rings is 1. The summed E-state index contributed by atoms with van der Waals surface area (Å²) in [7, 11) is 0. The number of nitrogens with zero attached hydrogens (tertiary/aromatic N) is 1. The zero-order valence-electron chi connectivity index (χ0n) is 19.3. The Balaban J connectivity index is 1.65. The predicted molar refractivity (Wildman–Crippen MR) is 129 cm³/mol. The van der Waals surface area contributed by atoms with Gasteiger partial charge in [0.2, 0.25) is 5.91 Å². The van der Waals surface area contributed by atoms with Crippen molar-refractivity contribution in [2.45, 2.75) is 62.4 Å². The number of nitrogens with one attached hydrogen (secondary N) is 2. The Kier molecular flexibility index (Phi) is 10.0. The largest absolute Gasteiger partial charge is 0.480 e. The molecule has 1 aromatic carbocycles. The van der Waals surface area contributed by atoms with E-state index < -0.39 is 24.6 Å². The Morgan fingerprint density at radius 1 is 1.27 bits per heavy atom. The van der Waals surface area contributed by atoms with Crippen LogP contribution >= 0.6 is 11.8 Å². The molecule has 3 rings (SSSR count). The molecule has 0 aromatic heterocycles. The van der Waals surface area contributed by atoms with Crippen LogP contribution in [0.4, 0.5) is 5.69 Å².